The van der Waals surface area contributed by atoms with Crippen LogP contribution in [-0.2, 0) is 14.3 Å². The topological polar surface area (TPSA) is 97.3 Å². The lowest BCUT2D eigenvalue weighted by atomic mass is 9.84. The number of methoxy groups -OCH3 is 1. The summed E-state index contributed by atoms with van der Waals surface area (Å²) in [5, 5.41) is 12.8. The number of carbonyl (C=O) groups is 2. The standard InChI is InChI=1S/C23H26N2O6/c1-14-9-17-16(11-22(27)24-18(17)12-19(14)26)15-3-4-20(21(10-15)29-2)31-13-23(28)25-5-7-30-8-6-25/h3-4,9-10,12,16,26H,5-8,11,13H2,1-2H3,(H,24,27). The predicted molar refractivity (Wildman–Crippen MR) is 114 cm³/mol. The first-order valence-electron chi connectivity index (χ1n) is 10.3. The van der Waals surface area contributed by atoms with Crippen molar-refractivity contribution in [2.24, 2.45) is 0 Å². The fraction of sp³-hybridized carbons (Fsp3) is 0.391. The highest BCUT2D eigenvalue weighted by atomic mass is 16.5. The molecule has 2 aliphatic heterocycles. The van der Waals surface area contributed by atoms with Crippen LogP contribution in [-0.4, -0.2) is 61.8 Å². The number of aryl methyl sites for hydroxylation is 1. The van der Waals surface area contributed by atoms with Crippen LogP contribution >= 0.6 is 0 Å². The third-order valence-corrected chi connectivity index (χ3v) is 5.71. The monoisotopic (exact) mass is 426 g/mol. The number of phenolic OH excluding ortho intramolecular Hbond substituents is 1. The molecule has 31 heavy (non-hydrogen) atoms. The Morgan fingerprint density at radius 1 is 1.23 bits per heavy atom. The molecule has 1 unspecified atom stereocenters. The summed E-state index contributed by atoms with van der Waals surface area (Å²) < 4.78 is 16.5. The Morgan fingerprint density at radius 2 is 2.00 bits per heavy atom. The fourth-order valence-electron chi connectivity index (χ4n) is 3.97. The van der Waals surface area contributed by atoms with Crippen molar-refractivity contribution in [3.05, 3.63) is 47.0 Å². The van der Waals surface area contributed by atoms with Crippen molar-refractivity contribution in [2.45, 2.75) is 19.3 Å². The van der Waals surface area contributed by atoms with Gasteiger partial charge in [0.25, 0.3) is 5.91 Å². The highest BCUT2D eigenvalue weighted by Gasteiger charge is 2.28. The molecular formula is C23H26N2O6. The molecule has 164 valence electrons. The molecule has 8 heteroatoms. The van der Waals surface area contributed by atoms with E-state index in [1.54, 1.807) is 24.1 Å². The van der Waals surface area contributed by atoms with Crippen molar-refractivity contribution < 1.29 is 28.9 Å². The first-order chi connectivity index (χ1) is 15.0. The number of nitrogens with zero attached hydrogens (tertiary/aromatic N) is 1. The number of morpholine rings is 1. The van der Waals surface area contributed by atoms with E-state index in [2.05, 4.69) is 5.32 Å². The summed E-state index contributed by atoms with van der Waals surface area (Å²) in [6.45, 7) is 3.95. The van der Waals surface area contributed by atoms with Crippen LogP contribution in [0.3, 0.4) is 0 Å². The summed E-state index contributed by atoms with van der Waals surface area (Å²) in [5.41, 5.74) is 3.19. The van der Waals surface area contributed by atoms with Gasteiger partial charge in [0.2, 0.25) is 5.91 Å². The molecule has 1 saturated heterocycles. The molecule has 0 spiro atoms. The van der Waals surface area contributed by atoms with Gasteiger partial charge in [-0.1, -0.05) is 6.07 Å². The predicted octanol–water partition coefficient (Wildman–Crippen LogP) is 2.42. The second-order valence-electron chi connectivity index (χ2n) is 7.72. The van der Waals surface area contributed by atoms with Gasteiger partial charge in [0.05, 0.1) is 20.3 Å². The van der Waals surface area contributed by atoms with Gasteiger partial charge in [-0.25, -0.2) is 0 Å². The third kappa shape index (κ3) is 4.44. The number of rotatable bonds is 5. The molecule has 2 aromatic carbocycles. The first-order valence-corrected chi connectivity index (χ1v) is 10.3. The molecule has 8 nitrogen and oxygen atoms in total. The second-order valence-corrected chi connectivity index (χ2v) is 7.72. The fourth-order valence-corrected chi connectivity index (χ4v) is 3.97. The quantitative estimate of drug-likeness (QED) is 0.762. The van der Waals surface area contributed by atoms with Gasteiger partial charge >= 0.3 is 0 Å². The lowest BCUT2D eigenvalue weighted by Crippen LogP contribution is -2.43. The molecule has 0 bridgehead atoms. The number of anilines is 1. The van der Waals surface area contributed by atoms with Crippen LogP contribution < -0.4 is 14.8 Å². The van der Waals surface area contributed by atoms with Gasteiger partial charge in [0, 0.05) is 37.2 Å². The molecule has 2 aliphatic rings. The maximum atomic E-state index is 12.4. The third-order valence-electron chi connectivity index (χ3n) is 5.71. The SMILES string of the molecule is COc1cc(C2CC(=O)Nc3cc(O)c(C)cc32)ccc1OCC(=O)N1CCOCC1. The number of nitrogens with one attached hydrogen (secondary N) is 1. The second kappa shape index (κ2) is 8.85. The number of amides is 2. The molecule has 0 radical (unpaired) electrons. The van der Waals surface area contributed by atoms with E-state index in [0.717, 1.165) is 16.7 Å². The van der Waals surface area contributed by atoms with E-state index in [1.165, 1.54) is 0 Å². The number of phenols is 1. The number of aromatic hydroxyl groups is 1. The van der Waals surface area contributed by atoms with E-state index in [4.69, 9.17) is 14.2 Å². The number of hydrogen-bond donors (Lipinski definition) is 2. The Bertz CT molecular complexity index is 1000. The molecule has 1 atom stereocenters. The molecule has 2 heterocycles. The van der Waals surface area contributed by atoms with E-state index < -0.39 is 0 Å². The summed E-state index contributed by atoms with van der Waals surface area (Å²) in [4.78, 5) is 26.3. The van der Waals surface area contributed by atoms with Gasteiger partial charge in [-0.3, -0.25) is 9.59 Å². The molecular weight excluding hydrogens is 400 g/mol. The van der Waals surface area contributed by atoms with Gasteiger partial charge in [-0.15, -0.1) is 0 Å². The van der Waals surface area contributed by atoms with Crippen LogP contribution in [0.1, 0.15) is 29.0 Å². The van der Waals surface area contributed by atoms with E-state index in [0.29, 0.717) is 43.5 Å². The molecule has 1 fully saturated rings. The minimum absolute atomic E-state index is 0.0805. The van der Waals surface area contributed by atoms with Gasteiger partial charge in [-0.05, 0) is 41.8 Å². The van der Waals surface area contributed by atoms with Crippen molar-refractivity contribution in [3.63, 3.8) is 0 Å². The van der Waals surface area contributed by atoms with Crippen LogP contribution in [0, 0.1) is 6.92 Å². The van der Waals surface area contributed by atoms with Crippen LogP contribution in [0.4, 0.5) is 5.69 Å². The largest absolute Gasteiger partial charge is 0.508 e. The number of hydrogen-bond acceptors (Lipinski definition) is 6. The Labute approximate surface area is 180 Å². The zero-order chi connectivity index (χ0) is 22.0. The Morgan fingerprint density at radius 3 is 2.74 bits per heavy atom. The lowest BCUT2D eigenvalue weighted by molar-refractivity contribution is -0.137. The lowest BCUT2D eigenvalue weighted by Gasteiger charge is -2.28. The minimum atomic E-state index is -0.180. The van der Waals surface area contributed by atoms with Crippen LogP contribution in [0.15, 0.2) is 30.3 Å². The normalized spacial score (nSPS) is 18.2. The molecule has 4 rings (SSSR count). The van der Waals surface area contributed by atoms with E-state index in [9.17, 15) is 14.7 Å². The first kappa shape index (κ1) is 21.0. The molecule has 0 saturated carbocycles. The summed E-state index contributed by atoms with van der Waals surface area (Å²) in [5.74, 6) is 0.719. The van der Waals surface area contributed by atoms with Crippen molar-refractivity contribution in [3.8, 4) is 17.2 Å². The van der Waals surface area contributed by atoms with Crippen LogP contribution in [0.5, 0.6) is 17.2 Å². The average molecular weight is 426 g/mol. The van der Waals surface area contributed by atoms with Gasteiger partial charge in [-0.2, -0.15) is 0 Å². The summed E-state index contributed by atoms with van der Waals surface area (Å²) in [6, 6.07) is 8.96. The number of carbonyl (C=O) groups excluding carboxylic acids is 2. The average Bonchev–Trinajstić information content (AvgIpc) is 2.78. The maximum absolute atomic E-state index is 12.4. The minimum Gasteiger partial charge on any atom is -0.508 e. The smallest absolute Gasteiger partial charge is 0.260 e. The Kier molecular flexibility index (Phi) is 5.99. The summed E-state index contributed by atoms with van der Waals surface area (Å²) in [7, 11) is 1.54. The molecule has 0 aromatic heterocycles. The number of benzene rings is 2. The van der Waals surface area contributed by atoms with Gasteiger partial charge < -0.3 is 29.5 Å². The highest BCUT2D eigenvalue weighted by Crippen LogP contribution is 2.42. The van der Waals surface area contributed by atoms with E-state index in [-0.39, 0.29) is 36.5 Å². The zero-order valence-corrected chi connectivity index (χ0v) is 17.6. The van der Waals surface area contributed by atoms with Crippen molar-refractivity contribution in [1.29, 1.82) is 0 Å². The molecule has 2 aromatic rings. The summed E-state index contributed by atoms with van der Waals surface area (Å²) >= 11 is 0. The van der Waals surface area contributed by atoms with Crippen molar-refractivity contribution >= 4 is 17.5 Å². The Hall–Kier alpha value is -3.26. The highest BCUT2D eigenvalue weighted by molar-refractivity contribution is 5.95. The van der Waals surface area contributed by atoms with Crippen molar-refractivity contribution in [1.82, 2.24) is 4.90 Å². The summed E-state index contributed by atoms with van der Waals surface area (Å²) in [6.07, 6.45) is 0.288. The maximum Gasteiger partial charge on any atom is 0.260 e. The van der Waals surface area contributed by atoms with Crippen molar-refractivity contribution in [2.75, 3.05) is 45.3 Å². The Balaban J connectivity index is 1.55. The molecule has 2 amide bonds. The van der Waals surface area contributed by atoms with Crippen LogP contribution in [0.2, 0.25) is 0 Å². The molecule has 2 N–H and O–H groups in total. The van der Waals surface area contributed by atoms with Crippen LogP contribution in [0.25, 0.3) is 0 Å². The zero-order valence-electron chi connectivity index (χ0n) is 17.6. The van der Waals surface area contributed by atoms with Gasteiger partial charge in [0.15, 0.2) is 18.1 Å². The number of ether oxygens (including phenoxy) is 3. The van der Waals surface area contributed by atoms with E-state index >= 15 is 0 Å². The van der Waals surface area contributed by atoms with Gasteiger partial charge in [0.1, 0.15) is 5.75 Å². The number of fused-ring (bicyclic) bond motifs is 1. The molecule has 0 aliphatic carbocycles. The van der Waals surface area contributed by atoms with E-state index in [1.807, 2.05) is 25.1 Å².